The van der Waals surface area contributed by atoms with Gasteiger partial charge in [0.05, 0.1) is 50.3 Å². The largest absolute Gasteiger partial charge is 0.496 e. The van der Waals surface area contributed by atoms with Crippen molar-refractivity contribution in [2.24, 2.45) is 0 Å². The molecule has 0 saturated heterocycles. The Morgan fingerprint density at radius 2 is 0.647 bits per heavy atom. The standard InChI is InChI=1S/C58H44N2O8/c1-63-47-31-53(65-3)51-35-49(57(61)67-55(51)33-47)39-19-27-45(28-20-39)59(41-11-7-5-8-12-41)43-23-15-37(16-24-43)38-17-25-44(26-18-38)60(42-13-9-6-10-14-42)46-29-21-40(22-30-46)50-36-52-54(66-4)32-48(64-2)34-56(52)68-58(50)62/h5-36H,1-4H3. The van der Waals surface area contributed by atoms with E-state index in [9.17, 15) is 9.59 Å². The summed E-state index contributed by atoms with van der Waals surface area (Å²) >= 11 is 0. The van der Waals surface area contributed by atoms with Crippen LogP contribution in [0, 0.1) is 0 Å². The maximum atomic E-state index is 13.3. The van der Waals surface area contributed by atoms with E-state index in [1.54, 1.807) is 64.8 Å². The van der Waals surface area contributed by atoms with E-state index in [0.717, 1.165) is 56.4 Å². The number of anilines is 6. The SMILES string of the molecule is COc1cc(OC)c2cc(-c3ccc(N(c4ccccc4)c4ccc(-c5ccc(N(c6ccccc6)c6ccc(-c7cc8c(OC)cc(OC)cc8oc7=O)cc6)cc5)cc4)cc3)c(=O)oc2c1. The predicted octanol–water partition coefficient (Wildman–Crippen LogP) is 13.9. The number of fused-ring (bicyclic) bond motifs is 2. The average molecular weight is 897 g/mol. The minimum Gasteiger partial charge on any atom is -0.496 e. The molecule has 0 N–H and O–H groups in total. The Morgan fingerprint density at radius 1 is 0.338 bits per heavy atom. The Labute approximate surface area is 392 Å². The maximum absolute atomic E-state index is 13.3. The summed E-state index contributed by atoms with van der Waals surface area (Å²) in [6.07, 6.45) is 0. The Morgan fingerprint density at radius 3 is 0.956 bits per heavy atom. The summed E-state index contributed by atoms with van der Waals surface area (Å²) < 4.78 is 33.4. The molecular weight excluding hydrogens is 853 g/mol. The normalized spacial score (nSPS) is 11.1. The summed E-state index contributed by atoms with van der Waals surface area (Å²) in [5.41, 5.74) is 10.00. The zero-order valence-electron chi connectivity index (χ0n) is 37.6. The fraction of sp³-hybridized carbons (Fsp3) is 0.0690. The van der Waals surface area contributed by atoms with Crippen LogP contribution in [-0.2, 0) is 0 Å². The number of hydrogen-bond acceptors (Lipinski definition) is 10. The molecule has 10 heteroatoms. The molecule has 0 bridgehead atoms. The third kappa shape index (κ3) is 8.27. The molecule has 0 saturated carbocycles. The smallest absolute Gasteiger partial charge is 0.344 e. The minimum atomic E-state index is -0.454. The van der Waals surface area contributed by atoms with Crippen LogP contribution in [-0.4, -0.2) is 28.4 Å². The van der Waals surface area contributed by atoms with Crippen LogP contribution in [0.4, 0.5) is 34.1 Å². The quantitative estimate of drug-likeness (QED) is 0.104. The van der Waals surface area contributed by atoms with Crippen LogP contribution >= 0.6 is 0 Å². The Balaban J connectivity index is 0.927. The van der Waals surface area contributed by atoms with Gasteiger partial charge in [-0.25, -0.2) is 9.59 Å². The summed E-state index contributed by atoms with van der Waals surface area (Å²) in [6, 6.07) is 63.5. The highest BCUT2D eigenvalue weighted by molar-refractivity contribution is 5.91. The number of methoxy groups -OCH3 is 4. The number of nitrogens with zero attached hydrogens (tertiary/aromatic N) is 2. The third-order valence-electron chi connectivity index (χ3n) is 12.0. The van der Waals surface area contributed by atoms with Crippen LogP contribution in [0.25, 0.3) is 55.3 Å². The lowest BCUT2D eigenvalue weighted by Crippen LogP contribution is -2.10. The number of benzene rings is 8. The van der Waals surface area contributed by atoms with E-state index in [4.69, 9.17) is 27.8 Å². The number of para-hydroxylation sites is 2. The zero-order chi connectivity index (χ0) is 46.7. The van der Waals surface area contributed by atoms with Gasteiger partial charge in [-0.15, -0.1) is 0 Å². The van der Waals surface area contributed by atoms with E-state index >= 15 is 0 Å². The van der Waals surface area contributed by atoms with Crippen molar-refractivity contribution in [3.63, 3.8) is 0 Å². The number of hydrogen-bond donors (Lipinski definition) is 0. The highest BCUT2D eigenvalue weighted by atomic mass is 16.5. The second-order valence-electron chi connectivity index (χ2n) is 15.9. The van der Waals surface area contributed by atoms with Crippen LogP contribution in [0.5, 0.6) is 23.0 Å². The minimum absolute atomic E-state index is 0.387. The lowest BCUT2D eigenvalue weighted by molar-refractivity contribution is 0.395. The Bertz CT molecular complexity index is 3280. The first kappa shape index (κ1) is 42.9. The molecule has 0 radical (unpaired) electrons. The van der Waals surface area contributed by atoms with E-state index in [1.807, 2.05) is 84.9 Å². The molecule has 0 spiro atoms. The first-order valence-electron chi connectivity index (χ1n) is 21.8. The van der Waals surface area contributed by atoms with E-state index in [2.05, 4.69) is 82.6 Å². The van der Waals surface area contributed by atoms with Gasteiger partial charge in [-0.05, 0) is 107 Å². The van der Waals surface area contributed by atoms with E-state index in [0.29, 0.717) is 56.1 Å². The van der Waals surface area contributed by atoms with E-state index in [-0.39, 0.29) is 0 Å². The molecule has 8 aromatic carbocycles. The van der Waals surface area contributed by atoms with Crippen LogP contribution in [0.15, 0.2) is 213 Å². The van der Waals surface area contributed by atoms with Crippen LogP contribution in [0.2, 0.25) is 0 Å². The molecule has 2 heterocycles. The van der Waals surface area contributed by atoms with Crippen molar-refractivity contribution in [2.45, 2.75) is 0 Å². The van der Waals surface area contributed by atoms with Crippen molar-refractivity contribution in [1.82, 2.24) is 0 Å². The van der Waals surface area contributed by atoms with Crippen LogP contribution in [0.1, 0.15) is 0 Å². The van der Waals surface area contributed by atoms with Crippen molar-refractivity contribution in [2.75, 3.05) is 38.2 Å². The molecule has 334 valence electrons. The lowest BCUT2D eigenvalue weighted by atomic mass is 10.0. The van der Waals surface area contributed by atoms with Crippen LogP contribution < -0.4 is 40.0 Å². The van der Waals surface area contributed by atoms with Crippen molar-refractivity contribution in [1.29, 1.82) is 0 Å². The molecule has 0 amide bonds. The molecule has 0 unspecified atom stereocenters. The van der Waals surface area contributed by atoms with Crippen molar-refractivity contribution < 1.29 is 27.8 Å². The predicted molar refractivity (Wildman–Crippen MR) is 270 cm³/mol. The van der Waals surface area contributed by atoms with Crippen molar-refractivity contribution >= 4 is 56.1 Å². The van der Waals surface area contributed by atoms with Gasteiger partial charge in [-0.1, -0.05) is 84.9 Å². The third-order valence-corrected chi connectivity index (χ3v) is 12.0. The van der Waals surface area contributed by atoms with Gasteiger partial charge in [-0.2, -0.15) is 0 Å². The van der Waals surface area contributed by atoms with Gasteiger partial charge < -0.3 is 37.6 Å². The topological polar surface area (TPSA) is 104 Å². The summed E-state index contributed by atoms with van der Waals surface area (Å²) in [7, 11) is 6.26. The Kier molecular flexibility index (Phi) is 11.6. The van der Waals surface area contributed by atoms with Gasteiger partial charge in [0.25, 0.3) is 0 Å². The van der Waals surface area contributed by atoms with Crippen LogP contribution in [0.3, 0.4) is 0 Å². The summed E-state index contributed by atoms with van der Waals surface area (Å²) in [5.74, 6) is 2.17. The van der Waals surface area contributed by atoms with Gasteiger partial charge in [0.15, 0.2) is 0 Å². The van der Waals surface area contributed by atoms with E-state index < -0.39 is 11.3 Å². The summed E-state index contributed by atoms with van der Waals surface area (Å²) in [5, 5.41) is 1.35. The molecule has 10 rings (SSSR count). The molecule has 0 aliphatic rings. The second kappa shape index (κ2) is 18.5. The Hall–Kier alpha value is -9.02. The monoisotopic (exact) mass is 896 g/mol. The van der Waals surface area contributed by atoms with Crippen molar-refractivity contribution in [3.8, 4) is 56.4 Å². The van der Waals surface area contributed by atoms with Gasteiger partial charge in [0.2, 0.25) is 0 Å². The van der Waals surface area contributed by atoms with Gasteiger partial charge in [0, 0.05) is 58.4 Å². The maximum Gasteiger partial charge on any atom is 0.344 e. The zero-order valence-corrected chi connectivity index (χ0v) is 37.6. The fourth-order valence-electron chi connectivity index (χ4n) is 8.53. The average Bonchev–Trinajstić information content (AvgIpc) is 3.39. The molecule has 0 aliphatic heterocycles. The molecular formula is C58H44N2O8. The molecule has 2 aromatic heterocycles. The van der Waals surface area contributed by atoms with E-state index in [1.165, 1.54) is 0 Å². The van der Waals surface area contributed by atoms with Gasteiger partial charge >= 0.3 is 11.3 Å². The van der Waals surface area contributed by atoms with Gasteiger partial charge in [-0.3, -0.25) is 0 Å². The fourth-order valence-corrected chi connectivity index (χ4v) is 8.53. The lowest BCUT2D eigenvalue weighted by Gasteiger charge is -2.26. The number of rotatable bonds is 13. The second-order valence-corrected chi connectivity index (χ2v) is 15.9. The molecule has 10 aromatic rings. The molecule has 0 atom stereocenters. The number of ether oxygens (including phenoxy) is 4. The summed E-state index contributed by atoms with van der Waals surface area (Å²) in [6.45, 7) is 0. The highest BCUT2D eigenvalue weighted by Gasteiger charge is 2.19. The van der Waals surface area contributed by atoms with Gasteiger partial charge in [0.1, 0.15) is 34.2 Å². The molecule has 10 nitrogen and oxygen atoms in total. The summed E-state index contributed by atoms with van der Waals surface area (Å²) in [4.78, 5) is 30.9. The molecule has 0 aliphatic carbocycles. The molecule has 68 heavy (non-hydrogen) atoms. The van der Waals surface area contributed by atoms with Crippen molar-refractivity contribution in [3.05, 3.63) is 215 Å². The first-order valence-corrected chi connectivity index (χ1v) is 21.8. The molecule has 0 fully saturated rings. The first-order chi connectivity index (χ1) is 33.3. The highest BCUT2D eigenvalue weighted by Crippen LogP contribution is 2.40.